The van der Waals surface area contributed by atoms with Crippen LogP contribution in [0.15, 0.2) is 84.9 Å². The molecule has 0 radical (unpaired) electrons. The van der Waals surface area contributed by atoms with Gasteiger partial charge in [-0.15, -0.1) is 45.3 Å². The van der Waals surface area contributed by atoms with Crippen LogP contribution in [0.2, 0.25) is 0 Å². The minimum Gasteiger partial charge on any atom is -0.140 e. The lowest BCUT2D eigenvalue weighted by atomic mass is 9.96. The Morgan fingerprint density at radius 2 is 0.833 bits per heavy atom. The predicted octanol–water partition coefficient (Wildman–Crippen LogP) is 11.6. The van der Waals surface area contributed by atoms with E-state index in [0.29, 0.717) is 0 Å². The zero-order chi connectivity index (χ0) is 24.0. The van der Waals surface area contributed by atoms with Crippen molar-refractivity contribution in [3.05, 3.63) is 94.7 Å². The van der Waals surface area contributed by atoms with Crippen LogP contribution in [-0.4, -0.2) is 0 Å². The number of hydrogen-bond acceptors (Lipinski definition) is 4. The van der Waals surface area contributed by atoms with Crippen molar-refractivity contribution in [1.82, 2.24) is 0 Å². The van der Waals surface area contributed by atoms with Crippen molar-refractivity contribution in [2.45, 2.75) is 13.8 Å². The molecule has 0 spiro atoms. The standard InChI is InChI=1S/C32H20S4/c1-17-3-9-27(33-17)31-15-21-11-25-19(13-29(21)35-31)5-7-24-23(25)8-6-20-14-30-22(12-26(20)24)16-32(36-30)28-10-4-18(2)34-28/h3-16H,1-2H3. The van der Waals surface area contributed by atoms with Crippen LogP contribution in [0, 0.1) is 13.8 Å². The molecule has 0 amide bonds. The smallest absolute Gasteiger partial charge is 0.0455 e. The lowest BCUT2D eigenvalue weighted by Gasteiger charge is -2.08. The van der Waals surface area contributed by atoms with E-state index in [9.17, 15) is 0 Å². The van der Waals surface area contributed by atoms with E-state index in [0.717, 1.165) is 0 Å². The maximum atomic E-state index is 2.40. The summed E-state index contributed by atoms with van der Waals surface area (Å²) in [6.45, 7) is 4.36. The van der Waals surface area contributed by atoms with Gasteiger partial charge in [-0.1, -0.05) is 24.3 Å². The molecule has 4 aromatic heterocycles. The quantitative estimate of drug-likeness (QED) is 0.194. The number of aryl methyl sites for hydroxylation is 2. The summed E-state index contributed by atoms with van der Waals surface area (Å²) in [5.74, 6) is 0. The first kappa shape index (κ1) is 21.1. The van der Waals surface area contributed by atoms with Gasteiger partial charge in [0.25, 0.3) is 0 Å². The zero-order valence-electron chi connectivity index (χ0n) is 19.7. The fraction of sp³-hybridized carbons (Fsp3) is 0.0625. The molecule has 8 rings (SSSR count). The molecule has 36 heavy (non-hydrogen) atoms. The molecule has 0 atom stereocenters. The van der Waals surface area contributed by atoms with E-state index in [1.54, 1.807) is 0 Å². The first-order chi connectivity index (χ1) is 17.6. The van der Waals surface area contributed by atoms with Gasteiger partial charge in [-0.2, -0.15) is 0 Å². The highest BCUT2D eigenvalue weighted by Gasteiger charge is 2.12. The highest BCUT2D eigenvalue weighted by atomic mass is 32.1. The Morgan fingerprint density at radius 1 is 0.361 bits per heavy atom. The van der Waals surface area contributed by atoms with Crippen molar-refractivity contribution < 1.29 is 0 Å². The monoisotopic (exact) mass is 532 g/mol. The molecule has 0 nitrogen and oxygen atoms in total. The van der Waals surface area contributed by atoms with Gasteiger partial charge in [0.1, 0.15) is 0 Å². The molecule has 0 unspecified atom stereocenters. The Balaban J connectivity index is 1.34. The fourth-order valence-corrected chi connectivity index (χ4v) is 9.40. The van der Waals surface area contributed by atoms with Crippen molar-refractivity contribution in [2.75, 3.05) is 0 Å². The van der Waals surface area contributed by atoms with Crippen molar-refractivity contribution in [1.29, 1.82) is 0 Å². The summed E-state index contributed by atoms with van der Waals surface area (Å²) in [6.07, 6.45) is 0. The molecule has 4 heteroatoms. The number of rotatable bonds is 2. The highest BCUT2D eigenvalue weighted by Crippen LogP contribution is 2.42. The van der Waals surface area contributed by atoms with Gasteiger partial charge in [-0.05, 0) is 118 Å². The summed E-state index contributed by atoms with van der Waals surface area (Å²) in [5, 5.41) is 10.7. The second-order valence-electron chi connectivity index (χ2n) is 9.49. The van der Waals surface area contributed by atoms with Crippen molar-refractivity contribution in [3.8, 4) is 19.5 Å². The van der Waals surface area contributed by atoms with Gasteiger partial charge < -0.3 is 0 Å². The first-order valence-electron chi connectivity index (χ1n) is 12.0. The molecule has 0 saturated carbocycles. The largest absolute Gasteiger partial charge is 0.140 e. The topological polar surface area (TPSA) is 0 Å². The maximum absolute atomic E-state index is 2.40. The van der Waals surface area contributed by atoms with E-state index in [1.165, 1.54) is 81.8 Å². The van der Waals surface area contributed by atoms with Crippen LogP contribution in [0.5, 0.6) is 0 Å². The van der Waals surface area contributed by atoms with E-state index in [4.69, 9.17) is 0 Å². The van der Waals surface area contributed by atoms with E-state index in [1.807, 2.05) is 45.3 Å². The van der Waals surface area contributed by atoms with Gasteiger partial charge in [-0.25, -0.2) is 0 Å². The SMILES string of the molecule is Cc1ccc(-c2cc3cc4c(ccc5c6cc7cc(-c8ccc(C)s8)sc7cc6ccc45)cc3s2)s1. The molecule has 0 saturated heterocycles. The summed E-state index contributed by atoms with van der Waals surface area (Å²) in [7, 11) is 0. The molecule has 0 N–H and O–H groups in total. The number of benzene rings is 4. The lowest BCUT2D eigenvalue weighted by molar-refractivity contribution is 1.64. The normalized spacial score (nSPS) is 12.2. The molecule has 8 aromatic rings. The van der Waals surface area contributed by atoms with E-state index < -0.39 is 0 Å². The number of fused-ring (bicyclic) bond motifs is 7. The van der Waals surface area contributed by atoms with Gasteiger partial charge in [-0.3, -0.25) is 0 Å². The van der Waals surface area contributed by atoms with Crippen LogP contribution >= 0.6 is 45.3 Å². The van der Waals surface area contributed by atoms with Gasteiger partial charge in [0.2, 0.25) is 0 Å². The average Bonchev–Trinajstić information content (AvgIpc) is 3.66. The van der Waals surface area contributed by atoms with Crippen LogP contribution in [-0.2, 0) is 0 Å². The molecule has 0 aliphatic heterocycles. The molecular formula is C32H20S4. The molecule has 0 aliphatic carbocycles. The highest BCUT2D eigenvalue weighted by molar-refractivity contribution is 7.26. The fourth-order valence-electron chi connectivity index (χ4n) is 5.32. The number of thiophene rings is 4. The van der Waals surface area contributed by atoms with Crippen LogP contribution in [0.4, 0.5) is 0 Å². The third-order valence-electron chi connectivity index (χ3n) is 7.07. The van der Waals surface area contributed by atoms with E-state index >= 15 is 0 Å². The van der Waals surface area contributed by atoms with Gasteiger partial charge in [0.05, 0.1) is 0 Å². The Hall–Kier alpha value is -3.02. The average molecular weight is 533 g/mol. The van der Waals surface area contributed by atoms with Crippen LogP contribution < -0.4 is 0 Å². The molecule has 0 aliphatic rings. The molecule has 4 aromatic carbocycles. The van der Waals surface area contributed by atoms with Gasteiger partial charge in [0.15, 0.2) is 0 Å². The van der Waals surface area contributed by atoms with Gasteiger partial charge >= 0.3 is 0 Å². The summed E-state index contributed by atoms with van der Waals surface area (Å²) in [4.78, 5) is 8.19. The maximum Gasteiger partial charge on any atom is 0.0455 e. The van der Waals surface area contributed by atoms with Crippen LogP contribution in [0.3, 0.4) is 0 Å². The van der Waals surface area contributed by atoms with Crippen LogP contribution in [0.25, 0.3) is 72.0 Å². The Labute approximate surface area is 224 Å². The number of hydrogen-bond donors (Lipinski definition) is 0. The third-order valence-corrected chi connectivity index (χ3v) is 11.7. The van der Waals surface area contributed by atoms with Crippen molar-refractivity contribution in [2.24, 2.45) is 0 Å². The second-order valence-corrected chi connectivity index (χ2v) is 14.2. The Bertz CT molecular complexity index is 1970. The minimum atomic E-state index is 1.32. The lowest BCUT2D eigenvalue weighted by Crippen LogP contribution is -1.81. The molecule has 172 valence electrons. The van der Waals surface area contributed by atoms with E-state index in [-0.39, 0.29) is 0 Å². The third kappa shape index (κ3) is 3.22. The summed E-state index contributed by atoms with van der Waals surface area (Å²) >= 11 is 7.56. The summed E-state index contributed by atoms with van der Waals surface area (Å²) in [6, 6.07) is 32.5. The summed E-state index contributed by atoms with van der Waals surface area (Å²) in [5.41, 5.74) is 0. The second kappa shape index (κ2) is 7.74. The van der Waals surface area contributed by atoms with E-state index in [2.05, 4.69) is 98.8 Å². The molecule has 4 heterocycles. The predicted molar refractivity (Wildman–Crippen MR) is 166 cm³/mol. The molecular weight excluding hydrogens is 513 g/mol. The van der Waals surface area contributed by atoms with Crippen molar-refractivity contribution in [3.63, 3.8) is 0 Å². The zero-order valence-corrected chi connectivity index (χ0v) is 23.0. The van der Waals surface area contributed by atoms with Crippen LogP contribution in [0.1, 0.15) is 9.75 Å². The first-order valence-corrected chi connectivity index (χ1v) is 15.3. The van der Waals surface area contributed by atoms with Crippen molar-refractivity contribution >= 4 is 97.8 Å². The molecule has 0 bridgehead atoms. The molecule has 0 fully saturated rings. The Morgan fingerprint density at radius 3 is 1.25 bits per heavy atom. The summed E-state index contributed by atoms with van der Waals surface area (Å²) < 4.78 is 2.72. The Kier molecular flexibility index (Phi) is 4.54. The minimum absolute atomic E-state index is 1.32. The van der Waals surface area contributed by atoms with Gasteiger partial charge in [0, 0.05) is 38.7 Å².